The number of carbonyl (C=O) groups excluding carboxylic acids is 2. The molecule has 2 aromatic rings. The molecule has 176 valence electrons. The number of anilines is 2. The Kier molecular flexibility index (Phi) is 6.59. The largest absolute Gasteiger partial charge is 0.326 e. The summed E-state index contributed by atoms with van der Waals surface area (Å²) in [6.07, 6.45) is 2.72. The van der Waals surface area contributed by atoms with Gasteiger partial charge in [-0.2, -0.15) is 4.31 Å². The first-order chi connectivity index (χ1) is 15.7. The molecule has 0 radical (unpaired) electrons. The number of hydrogen-bond donors (Lipinski definition) is 1. The normalized spacial score (nSPS) is 21.0. The van der Waals surface area contributed by atoms with Crippen molar-refractivity contribution in [2.75, 3.05) is 23.3 Å². The Balaban J connectivity index is 1.52. The first kappa shape index (κ1) is 23.4. The summed E-state index contributed by atoms with van der Waals surface area (Å²) in [5, 5.41) is 3.00. The van der Waals surface area contributed by atoms with Crippen LogP contribution in [0.2, 0.25) is 0 Å². The topological polar surface area (TPSA) is 86.8 Å². The predicted octanol–water partition coefficient (Wildman–Crippen LogP) is 3.59. The first-order valence-corrected chi connectivity index (χ1v) is 13.0. The van der Waals surface area contributed by atoms with Crippen LogP contribution in [0.1, 0.15) is 44.7 Å². The van der Waals surface area contributed by atoms with Crippen molar-refractivity contribution in [3.05, 3.63) is 53.6 Å². The minimum Gasteiger partial charge on any atom is -0.326 e. The van der Waals surface area contributed by atoms with Crippen LogP contribution in [0.5, 0.6) is 0 Å². The smallest absolute Gasteiger partial charge is 0.243 e. The molecular weight excluding hydrogens is 438 g/mol. The summed E-state index contributed by atoms with van der Waals surface area (Å²) in [4.78, 5) is 26.9. The third-order valence-corrected chi connectivity index (χ3v) is 8.52. The van der Waals surface area contributed by atoms with Crippen LogP contribution in [0.3, 0.4) is 0 Å². The van der Waals surface area contributed by atoms with Crippen molar-refractivity contribution in [2.24, 2.45) is 5.92 Å². The lowest BCUT2D eigenvalue weighted by molar-refractivity contribution is -0.121. The average molecular weight is 470 g/mol. The maximum Gasteiger partial charge on any atom is 0.243 e. The van der Waals surface area contributed by atoms with E-state index in [1.54, 1.807) is 23.1 Å². The van der Waals surface area contributed by atoms with Crippen molar-refractivity contribution in [2.45, 2.75) is 57.4 Å². The molecule has 0 aromatic heterocycles. The van der Waals surface area contributed by atoms with Gasteiger partial charge in [0.25, 0.3) is 0 Å². The second-order valence-corrected chi connectivity index (χ2v) is 10.9. The van der Waals surface area contributed by atoms with Gasteiger partial charge in [-0.1, -0.05) is 25.1 Å². The average Bonchev–Trinajstić information content (AvgIpc) is 3.14. The molecule has 4 rings (SSSR count). The summed E-state index contributed by atoms with van der Waals surface area (Å²) in [7, 11) is -3.74. The fourth-order valence-electron chi connectivity index (χ4n) is 4.96. The standard InChI is InChI=1S/C25H31N3O4S/c1-4-19-8-5-6-10-23(19)26-25(30)20-9-7-13-27(16-20)33(31,32)22-11-12-24-21(15-22)14-17(2)28(24)18(3)29/h5-6,8,10-12,15,17,20H,4,7,9,13-14,16H2,1-3H3,(H,26,30)/t17-,20+/m1/s1. The maximum absolute atomic E-state index is 13.4. The molecule has 33 heavy (non-hydrogen) atoms. The number of piperidine rings is 1. The molecule has 2 heterocycles. The number of hydrogen-bond acceptors (Lipinski definition) is 4. The summed E-state index contributed by atoms with van der Waals surface area (Å²) in [6, 6.07) is 12.7. The van der Waals surface area contributed by atoms with E-state index >= 15 is 0 Å². The summed E-state index contributed by atoms with van der Waals surface area (Å²) >= 11 is 0. The molecule has 1 saturated heterocycles. The Bertz CT molecular complexity index is 1180. The van der Waals surface area contributed by atoms with E-state index in [0.717, 1.165) is 28.9 Å². The minimum atomic E-state index is -3.74. The number of amides is 2. The Hall–Kier alpha value is -2.71. The van der Waals surface area contributed by atoms with Gasteiger partial charge in [-0.15, -0.1) is 0 Å². The van der Waals surface area contributed by atoms with E-state index < -0.39 is 15.9 Å². The third-order valence-electron chi connectivity index (χ3n) is 6.65. The van der Waals surface area contributed by atoms with Crippen molar-refractivity contribution in [3.63, 3.8) is 0 Å². The molecule has 1 fully saturated rings. The summed E-state index contributed by atoms with van der Waals surface area (Å²) in [6.45, 7) is 6.07. The number of fused-ring (bicyclic) bond motifs is 1. The first-order valence-electron chi connectivity index (χ1n) is 11.5. The van der Waals surface area contributed by atoms with E-state index in [1.165, 1.54) is 11.2 Å². The van der Waals surface area contributed by atoms with Crippen LogP contribution < -0.4 is 10.2 Å². The summed E-state index contributed by atoms with van der Waals surface area (Å²) in [5.41, 5.74) is 3.48. The van der Waals surface area contributed by atoms with Crippen LogP contribution in [0.25, 0.3) is 0 Å². The zero-order valence-corrected chi connectivity index (χ0v) is 20.2. The highest BCUT2D eigenvalue weighted by Crippen LogP contribution is 2.35. The van der Waals surface area contributed by atoms with Crippen molar-refractivity contribution < 1.29 is 18.0 Å². The Morgan fingerprint density at radius 1 is 1.15 bits per heavy atom. The highest BCUT2D eigenvalue weighted by atomic mass is 32.2. The van der Waals surface area contributed by atoms with Crippen molar-refractivity contribution in [1.82, 2.24) is 4.31 Å². The number of nitrogens with one attached hydrogen (secondary N) is 1. The highest BCUT2D eigenvalue weighted by Gasteiger charge is 2.35. The van der Waals surface area contributed by atoms with Crippen LogP contribution in [-0.2, 0) is 32.5 Å². The van der Waals surface area contributed by atoms with Crippen molar-refractivity contribution >= 4 is 33.2 Å². The lowest BCUT2D eigenvalue weighted by atomic mass is 9.98. The number of benzene rings is 2. The Labute approximate surface area is 195 Å². The van der Waals surface area contributed by atoms with Crippen molar-refractivity contribution in [1.29, 1.82) is 0 Å². The van der Waals surface area contributed by atoms with Crippen LogP contribution in [0.4, 0.5) is 11.4 Å². The molecule has 2 aromatic carbocycles. The number of para-hydroxylation sites is 1. The minimum absolute atomic E-state index is 0.00418. The third kappa shape index (κ3) is 4.54. The molecule has 8 heteroatoms. The van der Waals surface area contributed by atoms with Gasteiger partial charge in [-0.3, -0.25) is 9.59 Å². The maximum atomic E-state index is 13.4. The van der Waals surface area contributed by atoms with Gasteiger partial charge in [0, 0.05) is 37.4 Å². The molecule has 2 aliphatic rings. The van der Waals surface area contributed by atoms with Gasteiger partial charge in [0.15, 0.2) is 0 Å². The monoisotopic (exact) mass is 469 g/mol. The van der Waals surface area contributed by atoms with Gasteiger partial charge < -0.3 is 10.2 Å². The zero-order chi connectivity index (χ0) is 23.8. The van der Waals surface area contributed by atoms with Crippen LogP contribution in [0, 0.1) is 5.92 Å². The molecule has 0 saturated carbocycles. The summed E-state index contributed by atoms with van der Waals surface area (Å²) in [5.74, 6) is -0.594. The number of aryl methyl sites for hydroxylation is 1. The van der Waals surface area contributed by atoms with Gasteiger partial charge in [0.05, 0.1) is 10.8 Å². The molecule has 0 unspecified atom stereocenters. The Morgan fingerprint density at radius 3 is 2.64 bits per heavy atom. The number of nitrogens with zero attached hydrogens (tertiary/aromatic N) is 2. The molecule has 2 aliphatic heterocycles. The second-order valence-electron chi connectivity index (χ2n) is 8.93. The molecule has 2 atom stereocenters. The van der Waals surface area contributed by atoms with E-state index in [2.05, 4.69) is 5.32 Å². The molecular formula is C25H31N3O4S. The highest BCUT2D eigenvalue weighted by molar-refractivity contribution is 7.89. The summed E-state index contributed by atoms with van der Waals surface area (Å²) < 4.78 is 28.3. The fraction of sp³-hybridized carbons (Fsp3) is 0.440. The van der Waals surface area contributed by atoms with Crippen LogP contribution in [0.15, 0.2) is 47.4 Å². The van der Waals surface area contributed by atoms with E-state index in [4.69, 9.17) is 0 Å². The number of rotatable bonds is 5. The molecule has 0 spiro atoms. The van der Waals surface area contributed by atoms with Gasteiger partial charge in [-0.05, 0) is 68.0 Å². The van der Waals surface area contributed by atoms with Crippen molar-refractivity contribution in [3.8, 4) is 0 Å². The van der Waals surface area contributed by atoms with E-state index in [-0.39, 0.29) is 29.3 Å². The van der Waals surface area contributed by atoms with Gasteiger partial charge in [0.2, 0.25) is 21.8 Å². The lowest BCUT2D eigenvalue weighted by Crippen LogP contribution is -2.43. The molecule has 7 nitrogen and oxygen atoms in total. The van der Waals surface area contributed by atoms with Gasteiger partial charge >= 0.3 is 0 Å². The quantitative estimate of drug-likeness (QED) is 0.725. The molecule has 0 bridgehead atoms. The molecule has 2 amide bonds. The van der Waals surface area contributed by atoms with E-state index in [0.29, 0.717) is 25.8 Å². The number of sulfonamides is 1. The van der Waals surface area contributed by atoms with E-state index in [9.17, 15) is 18.0 Å². The zero-order valence-electron chi connectivity index (χ0n) is 19.4. The molecule has 0 aliphatic carbocycles. The Morgan fingerprint density at radius 2 is 1.91 bits per heavy atom. The van der Waals surface area contributed by atoms with Crippen LogP contribution >= 0.6 is 0 Å². The van der Waals surface area contributed by atoms with Gasteiger partial charge in [0.1, 0.15) is 0 Å². The SMILES string of the molecule is CCc1ccccc1NC(=O)[C@H]1CCCN(S(=O)(=O)c2ccc3c(c2)C[C@@H](C)N3C(C)=O)C1. The lowest BCUT2D eigenvalue weighted by Gasteiger charge is -2.31. The van der Waals surface area contributed by atoms with E-state index in [1.807, 2.05) is 38.1 Å². The van der Waals surface area contributed by atoms with Gasteiger partial charge in [-0.25, -0.2) is 8.42 Å². The fourth-order valence-corrected chi connectivity index (χ4v) is 6.53. The molecule has 1 N–H and O–H groups in total. The predicted molar refractivity (Wildman–Crippen MR) is 129 cm³/mol. The number of carbonyl (C=O) groups is 2. The second kappa shape index (κ2) is 9.27. The van der Waals surface area contributed by atoms with Crippen LogP contribution in [-0.4, -0.2) is 43.7 Å².